The van der Waals surface area contributed by atoms with Gasteiger partial charge in [-0.25, -0.2) is 0 Å². The normalized spacial score (nSPS) is 19.1. The summed E-state index contributed by atoms with van der Waals surface area (Å²) in [5.74, 6) is 0.993. The molecule has 0 aromatic heterocycles. The maximum Gasteiger partial charge on any atom is 0.244 e. The quantitative estimate of drug-likeness (QED) is 0.694. The van der Waals surface area contributed by atoms with Crippen LogP contribution in [-0.2, 0) is 20.3 Å². The van der Waals surface area contributed by atoms with E-state index in [-0.39, 0.29) is 17.2 Å². The molecule has 25 heavy (non-hydrogen) atoms. The summed E-state index contributed by atoms with van der Waals surface area (Å²) in [7, 11) is -1.72. The lowest BCUT2D eigenvalue weighted by Crippen LogP contribution is -2.41. The van der Waals surface area contributed by atoms with E-state index in [4.69, 9.17) is 19.6 Å². The maximum atomic E-state index is 6.27. The van der Waals surface area contributed by atoms with Gasteiger partial charge in [-0.3, -0.25) is 0 Å². The van der Waals surface area contributed by atoms with Gasteiger partial charge in [0.2, 0.25) is 6.29 Å². The molecule has 2 unspecified atom stereocenters. The standard InChI is InChI=1S/C20H33NO3Si/c1-20(2,3)25(4,5)23-12-11-17(14-21)18-15-22-19(24-18)13-16-9-7-6-8-10-16/h6-10,15,17,19H,11-14,21H2,1-5H3. The van der Waals surface area contributed by atoms with E-state index >= 15 is 0 Å². The van der Waals surface area contributed by atoms with Gasteiger partial charge in [0.05, 0.1) is 0 Å². The molecule has 0 saturated carbocycles. The Morgan fingerprint density at radius 1 is 1.20 bits per heavy atom. The molecule has 2 atom stereocenters. The Kier molecular flexibility index (Phi) is 6.71. The molecule has 0 fully saturated rings. The van der Waals surface area contributed by atoms with Crippen LogP contribution in [0.1, 0.15) is 32.8 Å². The van der Waals surface area contributed by atoms with Crippen LogP contribution in [0.15, 0.2) is 42.4 Å². The van der Waals surface area contributed by atoms with Crippen molar-refractivity contribution in [2.24, 2.45) is 11.7 Å². The van der Waals surface area contributed by atoms with Crippen molar-refractivity contribution in [2.45, 2.75) is 58.0 Å². The molecule has 2 N–H and O–H groups in total. The van der Waals surface area contributed by atoms with Gasteiger partial charge >= 0.3 is 0 Å². The lowest BCUT2D eigenvalue weighted by atomic mass is 10.0. The molecule has 1 aliphatic rings. The van der Waals surface area contributed by atoms with Crippen LogP contribution in [0.2, 0.25) is 18.1 Å². The molecular weight excluding hydrogens is 330 g/mol. The average molecular weight is 364 g/mol. The van der Waals surface area contributed by atoms with Gasteiger partial charge in [-0.1, -0.05) is 51.1 Å². The van der Waals surface area contributed by atoms with Crippen molar-refractivity contribution in [3.05, 3.63) is 47.9 Å². The minimum atomic E-state index is -1.72. The summed E-state index contributed by atoms with van der Waals surface area (Å²) in [6.07, 6.45) is 3.07. The summed E-state index contributed by atoms with van der Waals surface area (Å²) in [5.41, 5.74) is 7.17. The number of hydrogen-bond donors (Lipinski definition) is 1. The van der Waals surface area contributed by atoms with E-state index in [9.17, 15) is 0 Å². The molecule has 4 nitrogen and oxygen atoms in total. The van der Waals surface area contributed by atoms with Gasteiger partial charge in [-0.05, 0) is 30.1 Å². The molecule has 1 aromatic carbocycles. The van der Waals surface area contributed by atoms with Gasteiger partial charge in [0, 0.05) is 25.5 Å². The molecule has 1 aliphatic heterocycles. The molecule has 0 saturated heterocycles. The van der Waals surface area contributed by atoms with E-state index in [0.29, 0.717) is 13.2 Å². The van der Waals surface area contributed by atoms with Gasteiger partial charge in [0.25, 0.3) is 0 Å². The Morgan fingerprint density at radius 3 is 2.48 bits per heavy atom. The van der Waals surface area contributed by atoms with Gasteiger partial charge in [-0.15, -0.1) is 0 Å². The van der Waals surface area contributed by atoms with E-state index in [0.717, 1.165) is 18.6 Å². The van der Waals surface area contributed by atoms with Gasteiger partial charge in [0.15, 0.2) is 8.32 Å². The number of rotatable bonds is 8. The minimum absolute atomic E-state index is 0.144. The summed E-state index contributed by atoms with van der Waals surface area (Å²) in [4.78, 5) is 0. The fraction of sp³-hybridized carbons (Fsp3) is 0.600. The highest BCUT2D eigenvalue weighted by Crippen LogP contribution is 2.37. The molecule has 1 aromatic rings. The van der Waals surface area contributed by atoms with Crippen LogP contribution in [0.4, 0.5) is 0 Å². The molecule has 0 spiro atoms. The summed E-state index contributed by atoms with van der Waals surface area (Å²) in [5, 5.41) is 0.220. The van der Waals surface area contributed by atoms with Gasteiger partial charge < -0.3 is 19.6 Å². The van der Waals surface area contributed by atoms with Crippen LogP contribution in [-0.4, -0.2) is 27.8 Å². The first-order valence-corrected chi connectivity index (χ1v) is 12.0. The smallest absolute Gasteiger partial charge is 0.244 e. The van der Waals surface area contributed by atoms with Crippen molar-refractivity contribution >= 4 is 8.32 Å². The number of ether oxygens (including phenoxy) is 2. The number of hydrogen-bond acceptors (Lipinski definition) is 4. The monoisotopic (exact) mass is 363 g/mol. The highest BCUT2D eigenvalue weighted by molar-refractivity contribution is 6.74. The predicted molar refractivity (Wildman–Crippen MR) is 104 cm³/mol. The Labute approximate surface area is 153 Å². The van der Waals surface area contributed by atoms with Crippen molar-refractivity contribution in [2.75, 3.05) is 13.2 Å². The lowest BCUT2D eigenvalue weighted by Gasteiger charge is -2.36. The zero-order valence-electron chi connectivity index (χ0n) is 16.2. The fourth-order valence-electron chi connectivity index (χ4n) is 2.49. The summed E-state index contributed by atoms with van der Waals surface area (Å²) < 4.78 is 17.9. The molecule has 140 valence electrons. The van der Waals surface area contributed by atoms with E-state index in [1.54, 1.807) is 6.26 Å². The second-order valence-corrected chi connectivity index (χ2v) is 13.0. The Morgan fingerprint density at radius 2 is 1.88 bits per heavy atom. The average Bonchev–Trinajstić information content (AvgIpc) is 2.99. The highest BCUT2D eigenvalue weighted by atomic mass is 28.4. The van der Waals surface area contributed by atoms with Crippen LogP contribution >= 0.6 is 0 Å². The zero-order chi connectivity index (χ0) is 18.5. The van der Waals surface area contributed by atoms with Gasteiger partial charge in [0.1, 0.15) is 12.0 Å². The topological polar surface area (TPSA) is 53.7 Å². The van der Waals surface area contributed by atoms with Gasteiger partial charge in [-0.2, -0.15) is 0 Å². The molecule has 2 rings (SSSR count). The Hall–Kier alpha value is -1.30. The second kappa shape index (κ2) is 8.38. The third-order valence-electron chi connectivity index (χ3n) is 5.27. The molecule has 5 heteroatoms. The van der Waals surface area contributed by atoms with Crippen LogP contribution in [0.3, 0.4) is 0 Å². The van der Waals surface area contributed by atoms with E-state index in [1.165, 1.54) is 5.56 Å². The van der Waals surface area contributed by atoms with Crippen molar-refractivity contribution in [1.82, 2.24) is 0 Å². The van der Waals surface area contributed by atoms with E-state index in [2.05, 4.69) is 46.0 Å². The third-order valence-corrected chi connectivity index (χ3v) is 9.81. The lowest BCUT2D eigenvalue weighted by molar-refractivity contribution is -0.0365. The van der Waals surface area contributed by atoms with E-state index < -0.39 is 8.32 Å². The first kappa shape index (κ1) is 20.0. The maximum absolute atomic E-state index is 6.27. The molecule has 0 aliphatic carbocycles. The first-order valence-electron chi connectivity index (χ1n) is 9.13. The van der Waals surface area contributed by atoms with Crippen molar-refractivity contribution in [3.8, 4) is 0 Å². The highest BCUT2D eigenvalue weighted by Gasteiger charge is 2.37. The summed E-state index contributed by atoms with van der Waals surface area (Å²) in [6, 6.07) is 10.2. The third kappa shape index (κ3) is 5.59. The predicted octanol–water partition coefficient (Wildman–Crippen LogP) is 4.43. The Bertz CT molecular complexity index is 566. The van der Waals surface area contributed by atoms with E-state index in [1.807, 2.05) is 18.2 Å². The minimum Gasteiger partial charge on any atom is -0.459 e. The summed E-state index contributed by atoms with van der Waals surface area (Å²) >= 11 is 0. The first-order chi connectivity index (χ1) is 11.7. The van der Waals surface area contributed by atoms with Crippen molar-refractivity contribution in [3.63, 3.8) is 0 Å². The van der Waals surface area contributed by atoms with Crippen LogP contribution in [0.25, 0.3) is 0 Å². The largest absolute Gasteiger partial charge is 0.459 e. The zero-order valence-corrected chi connectivity index (χ0v) is 17.2. The molecule has 1 heterocycles. The number of nitrogens with two attached hydrogens (primary N) is 1. The van der Waals surface area contributed by atoms with Crippen molar-refractivity contribution < 1.29 is 13.9 Å². The molecule has 0 radical (unpaired) electrons. The molecule has 0 amide bonds. The fourth-order valence-corrected chi connectivity index (χ4v) is 3.55. The summed E-state index contributed by atoms with van der Waals surface area (Å²) in [6.45, 7) is 12.6. The molecular formula is C20H33NO3Si. The second-order valence-electron chi connectivity index (χ2n) is 8.22. The molecule has 0 bridgehead atoms. The Balaban J connectivity index is 1.81. The van der Waals surface area contributed by atoms with Crippen LogP contribution < -0.4 is 5.73 Å². The van der Waals surface area contributed by atoms with Crippen LogP contribution in [0, 0.1) is 5.92 Å². The van der Waals surface area contributed by atoms with Crippen LogP contribution in [0.5, 0.6) is 0 Å². The van der Waals surface area contributed by atoms with Crippen molar-refractivity contribution in [1.29, 1.82) is 0 Å². The number of benzene rings is 1. The SMILES string of the molecule is CC(C)(C)[Si](C)(C)OCCC(CN)C1=COC(Cc2ccccc2)O1.